The molecular formula is C28H29FN4O2. The summed E-state index contributed by atoms with van der Waals surface area (Å²) in [6, 6.07) is 21.3. The molecule has 3 aromatic rings. The molecule has 1 heterocycles. The zero-order valence-electron chi connectivity index (χ0n) is 20.1. The molecular weight excluding hydrogens is 443 g/mol. The molecule has 0 unspecified atom stereocenters. The Hall–Kier alpha value is -3.97. The Balaban J connectivity index is 1.61. The molecule has 2 amide bonds. The van der Waals surface area contributed by atoms with Crippen molar-refractivity contribution in [3.05, 3.63) is 89.7 Å². The van der Waals surface area contributed by atoms with Crippen LogP contribution < -0.4 is 15.5 Å². The van der Waals surface area contributed by atoms with E-state index in [1.165, 1.54) is 12.1 Å². The normalized spacial score (nSPS) is 13.9. The van der Waals surface area contributed by atoms with E-state index in [1.54, 1.807) is 18.0 Å². The summed E-state index contributed by atoms with van der Waals surface area (Å²) >= 11 is 0. The van der Waals surface area contributed by atoms with Crippen LogP contribution in [0.5, 0.6) is 0 Å². The van der Waals surface area contributed by atoms with E-state index >= 15 is 0 Å². The number of carbonyl (C=O) groups excluding carboxylic acids is 2. The highest BCUT2D eigenvalue weighted by molar-refractivity contribution is 6.37. The van der Waals surface area contributed by atoms with E-state index < -0.39 is 5.82 Å². The molecule has 0 atom stereocenters. The molecule has 1 aliphatic rings. The number of anilines is 3. The van der Waals surface area contributed by atoms with Crippen molar-refractivity contribution in [1.29, 1.82) is 0 Å². The number of rotatable bonds is 8. The van der Waals surface area contributed by atoms with Gasteiger partial charge in [-0.1, -0.05) is 30.3 Å². The Labute approximate surface area is 205 Å². The van der Waals surface area contributed by atoms with E-state index in [4.69, 9.17) is 0 Å². The summed E-state index contributed by atoms with van der Waals surface area (Å²) < 4.78 is 13.7. The summed E-state index contributed by atoms with van der Waals surface area (Å²) in [5.41, 5.74) is 4.54. The average Bonchev–Trinajstić information content (AvgIpc) is 3.17. The number of fused-ring (bicyclic) bond motifs is 1. The maximum atomic E-state index is 13.7. The van der Waals surface area contributed by atoms with E-state index in [0.29, 0.717) is 28.9 Å². The second kappa shape index (κ2) is 10.5. The first-order valence-electron chi connectivity index (χ1n) is 11.5. The van der Waals surface area contributed by atoms with Gasteiger partial charge < -0.3 is 20.4 Å². The predicted octanol–water partition coefficient (Wildman–Crippen LogP) is 5.06. The second-order valence-electron chi connectivity index (χ2n) is 8.79. The first-order chi connectivity index (χ1) is 16.8. The van der Waals surface area contributed by atoms with Crippen LogP contribution in [0.4, 0.5) is 21.5 Å². The molecule has 180 valence electrons. The van der Waals surface area contributed by atoms with E-state index in [2.05, 4.69) is 15.5 Å². The van der Waals surface area contributed by atoms with Crippen LogP contribution >= 0.6 is 0 Å². The van der Waals surface area contributed by atoms with Gasteiger partial charge in [0.05, 0.1) is 17.0 Å². The standard InChI is InChI=1S/C28H29FN4O2/c1-32(2)17-7-10-25(34)33(3)22-14-12-21(13-15-22)30-27(19-8-5-4-6-9-19)26-23-16-11-20(29)18-24(23)31-28(26)35/h4-6,8-9,11-16,18,30H,7,10,17H2,1-3H3,(H,31,35). The minimum Gasteiger partial charge on any atom is -0.354 e. The largest absolute Gasteiger partial charge is 0.354 e. The highest BCUT2D eigenvalue weighted by Crippen LogP contribution is 2.38. The summed E-state index contributed by atoms with van der Waals surface area (Å²) in [5.74, 6) is -0.641. The fourth-order valence-corrected chi connectivity index (χ4v) is 4.05. The SMILES string of the molecule is CN(C)CCCC(=O)N(C)c1ccc(NC(=C2C(=O)Nc3cc(F)ccc32)c2ccccc2)cc1. The molecule has 0 aromatic heterocycles. The molecule has 2 N–H and O–H groups in total. The first kappa shape index (κ1) is 24.2. The zero-order valence-corrected chi connectivity index (χ0v) is 20.1. The Morgan fingerprint density at radius 1 is 0.971 bits per heavy atom. The number of nitrogens with zero attached hydrogens (tertiary/aromatic N) is 2. The number of halogens is 1. The summed E-state index contributed by atoms with van der Waals surface area (Å²) in [6.45, 7) is 0.864. The van der Waals surface area contributed by atoms with Crippen molar-refractivity contribution < 1.29 is 14.0 Å². The highest BCUT2D eigenvalue weighted by Gasteiger charge is 2.28. The van der Waals surface area contributed by atoms with E-state index in [-0.39, 0.29) is 11.8 Å². The van der Waals surface area contributed by atoms with Gasteiger partial charge in [-0.2, -0.15) is 0 Å². The van der Waals surface area contributed by atoms with Crippen molar-refractivity contribution in [2.24, 2.45) is 0 Å². The quantitative estimate of drug-likeness (QED) is 0.450. The predicted molar refractivity (Wildman–Crippen MR) is 140 cm³/mol. The molecule has 0 bridgehead atoms. The molecule has 1 aliphatic heterocycles. The van der Waals surface area contributed by atoms with E-state index in [1.807, 2.05) is 68.7 Å². The minimum absolute atomic E-state index is 0.0612. The second-order valence-corrected chi connectivity index (χ2v) is 8.79. The van der Waals surface area contributed by atoms with Gasteiger partial charge in [-0.25, -0.2) is 4.39 Å². The third kappa shape index (κ3) is 5.58. The molecule has 4 rings (SSSR count). The van der Waals surface area contributed by atoms with Gasteiger partial charge in [0.25, 0.3) is 5.91 Å². The van der Waals surface area contributed by atoms with E-state index in [0.717, 1.165) is 29.9 Å². The maximum absolute atomic E-state index is 13.7. The number of amides is 2. The topological polar surface area (TPSA) is 64.7 Å². The van der Waals surface area contributed by atoms with Gasteiger partial charge in [0, 0.05) is 30.4 Å². The van der Waals surface area contributed by atoms with Crippen molar-refractivity contribution in [3.8, 4) is 0 Å². The molecule has 0 radical (unpaired) electrons. The van der Waals surface area contributed by atoms with Gasteiger partial charge >= 0.3 is 0 Å². The van der Waals surface area contributed by atoms with Crippen molar-refractivity contribution in [3.63, 3.8) is 0 Å². The van der Waals surface area contributed by atoms with Gasteiger partial charge in [-0.3, -0.25) is 9.59 Å². The number of hydrogen-bond donors (Lipinski definition) is 2. The Bertz CT molecular complexity index is 1250. The Morgan fingerprint density at radius 3 is 2.37 bits per heavy atom. The van der Waals surface area contributed by atoms with Crippen molar-refractivity contribution >= 4 is 40.1 Å². The van der Waals surface area contributed by atoms with Gasteiger partial charge in [-0.15, -0.1) is 0 Å². The molecule has 0 aliphatic carbocycles. The van der Waals surface area contributed by atoms with Crippen LogP contribution in [0, 0.1) is 5.82 Å². The zero-order chi connectivity index (χ0) is 24.9. The monoisotopic (exact) mass is 472 g/mol. The maximum Gasteiger partial charge on any atom is 0.258 e. The van der Waals surface area contributed by atoms with Crippen molar-refractivity contribution in [2.75, 3.05) is 43.2 Å². The lowest BCUT2D eigenvalue weighted by Crippen LogP contribution is -2.27. The van der Waals surface area contributed by atoms with Crippen LogP contribution in [0.2, 0.25) is 0 Å². The van der Waals surface area contributed by atoms with Crippen molar-refractivity contribution in [1.82, 2.24) is 4.90 Å². The van der Waals surface area contributed by atoms with Gasteiger partial charge in [0.1, 0.15) is 5.82 Å². The van der Waals surface area contributed by atoms with Crippen LogP contribution in [0.3, 0.4) is 0 Å². The lowest BCUT2D eigenvalue weighted by Gasteiger charge is -2.19. The number of benzene rings is 3. The first-order valence-corrected chi connectivity index (χ1v) is 11.5. The molecule has 0 saturated carbocycles. The third-order valence-corrected chi connectivity index (χ3v) is 5.93. The van der Waals surface area contributed by atoms with Crippen LogP contribution in [0.25, 0.3) is 11.3 Å². The summed E-state index contributed by atoms with van der Waals surface area (Å²) in [4.78, 5) is 29.2. The van der Waals surface area contributed by atoms with Crippen LogP contribution in [0.1, 0.15) is 24.0 Å². The van der Waals surface area contributed by atoms with E-state index in [9.17, 15) is 14.0 Å². The summed E-state index contributed by atoms with van der Waals surface area (Å²) in [7, 11) is 5.76. The fourth-order valence-electron chi connectivity index (χ4n) is 4.05. The van der Waals surface area contributed by atoms with Crippen LogP contribution in [-0.2, 0) is 9.59 Å². The lowest BCUT2D eigenvalue weighted by atomic mass is 10.00. The summed E-state index contributed by atoms with van der Waals surface area (Å²) in [5, 5.41) is 6.14. The highest BCUT2D eigenvalue weighted by atomic mass is 19.1. The lowest BCUT2D eigenvalue weighted by molar-refractivity contribution is -0.118. The number of hydrogen-bond acceptors (Lipinski definition) is 4. The molecule has 0 spiro atoms. The van der Waals surface area contributed by atoms with Crippen LogP contribution in [0.15, 0.2) is 72.8 Å². The average molecular weight is 473 g/mol. The third-order valence-electron chi connectivity index (χ3n) is 5.93. The van der Waals surface area contributed by atoms with Gasteiger partial charge in [0.15, 0.2) is 0 Å². The summed E-state index contributed by atoms with van der Waals surface area (Å²) in [6.07, 6.45) is 1.28. The molecule has 6 nitrogen and oxygen atoms in total. The molecule has 7 heteroatoms. The minimum atomic E-state index is -0.407. The number of nitrogens with one attached hydrogen (secondary N) is 2. The molecule has 0 saturated heterocycles. The fraction of sp³-hybridized carbons (Fsp3) is 0.214. The molecule has 35 heavy (non-hydrogen) atoms. The van der Waals surface area contributed by atoms with Crippen LogP contribution in [-0.4, -0.2) is 44.4 Å². The Morgan fingerprint density at radius 2 is 1.69 bits per heavy atom. The Kier molecular flexibility index (Phi) is 7.27. The smallest absolute Gasteiger partial charge is 0.258 e. The van der Waals surface area contributed by atoms with Gasteiger partial charge in [0.2, 0.25) is 5.91 Å². The molecule has 0 fully saturated rings. The number of carbonyl (C=O) groups is 2. The van der Waals surface area contributed by atoms with Gasteiger partial charge in [-0.05, 0) is 75.1 Å². The van der Waals surface area contributed by atoms with Crippen molar-refractivity contribution in [2.45, 2.75) is 12.8 Å². The molecule has 3 aromatic carbocycles.